The molecule has 0 spiro atoms. The van der Waals surface area contributed by atoms with Crippen molar-refractivity contribution in [2.45, 2.75) is 121 Å². The predicted octanol–water partition coefficient (Wildman–Crippen LogP) is 3.11. The second-order valence-corrected chi connectivity index (χ2v) is 13.8. The van der Waals surface area contributed by atoms with E-state index in [1.165, 1.54) is 0 Å². The van der Waals surface area contributed by atoms with Crippen LogP contribution in [0.15, 0.2) is 11.6 Å². The fraction of sp³-hybridized carbons (Fsp3) is 0.900. The van der Waals surface area contributed by atoms with Crippen LogP contribution in [-0.2, 0) is 23.7 Å². The fourth-order valence-corrected chi connectivity index (χ4v) is 10.1. The molecule has 8 heteroatoms. The van der Waals surface area contributed by atoms with Gasteiger partial charge in [0.1, 0.15) is 12.7 Å². The molecule has 0 radical (unpaired) electrons. The first-order valence-corrected chi connectivity index (χ1v) is 14.8. The molecule has 38 heavy (non-hydrogen) atoms. The molecule has 8 nitrogen and oxygen atoms in total. The highest BCUT2D eigenvalue weighted by Crippen LogP contribution is 2.70. The van der Waals surface area contributed by atoms with Crippen LogP contribution in [0.4, 0.5) is 0 Å². The maximum absolute atomic E-state index is 12.4. The van der Waals surface area contributed by atoms with Crippen LogP contribution in [0.25, 0.3) is 0 Å². The van der Waals surface area contributed by atoms with Gasteiger partial charge in [0.15, 0.2) is 6.29 Å². The molecular formula is C30H46O8. The summed E-state index contributed by atoms with van der Waals surface area (Å²) < 4.78 is 23.1. The minimum Gasteiger partial charge on any atom is -0.458 e. The van der Waals surface area contributed by atoms with Gasteiger partial charge in [-0.15, -0.1) is 0 Å². The molecule has 4 aliphatic carbocycles. The topological polar surface area (TPSA) is 115 Å². The van der Waals surface area contributed by atoms with E-state index in [1.54, 1.807) is 13.2 Å². The van der Waals surface area contributed by atoms with Crippen molar-refractivity contribution in [3.63, 3.8) is 0 Å². The lowest BCUT2D eigenvalue weighted by Crippen LogP contribution is -2.62. The highest BCUT2D eigenvalue weighted by atomic mass is 16.7. The SMILES string of the molecule is CO[C@@H]1C[C@H](O[C@H]2CC[C@@]3(C)[C@H](CC[C@@H]4[C@@H]3CC[C@]3(C)[C@@H](C5=CC(=O)OC5)[C@@H](O)C[C@]43O)C2)O[C@H](C)[C@@H]1O. The maximum Gasteiger partial charge on any atom is 0.331 e. The van der Waals surface area contributed by atoms with Crippen molar-refractivity contribution >= 4 is 5.97 Å². The van der Waals surface area contributed by atoms with Crippen molar-refractivity contribution in [1.29, 1.82) is 0 Å². The minimum absolute atomic E-state index is 0.121. The number of cyclic esters (lactones) is 1. The summed E-state index contributed by atoms with van der Waals surface area (Å²) in [6.45, 7) is 6.67. The summed E-state index contributed by atoms with van der Waals surface area (Å²) in [5.74, 6) is 0.493. The number of hydrogen-bond acceptors (Lipinski definition) is 8. The number of ether oxygens (including phenoxy) is 4. The third-order valence-corrected chi connectivity index (χ3v) is 12.2. The molecule has 0 bridgehead atoms. The Kier molecular flexibility index (Phi) is 6.80. The number of aliphatic hydroxyl groups is 3. The Hall–Kier alpha value is -1.03. The number of aliphatic hydroxyl groups excluding tert-OH is 2. The number of fused-ring (bicyclic) bond motifs is 5. The normalized spacial score (nSPS) is 54.5. The second kappa shape index (κ2) is 9.52. The van der Waals surface area contributed by atoms with Gasteiger partial charge in [0.05, 0.1) is 30.0 Å². The number of hydrogen-bond donors (Lipinski definition) is 3. The molecule has 0 aromatic heterocycles. The van der Waals surface area contributed by atoms with Crippen LogP contribution in [-0.4, -0.2) is 77.4 Å². The van der Waals surface area contributed by atoms with Gasteiger partial charge in [0.2, 0.25) is 0 Å². The van der Waals surface area contributed by atoms with Crippen LogP contribution < -0.4 is 0 Å². The van der Waals surface area contributed by atoms with Crippen molar-refractivity contribution in [1.82, 2.24) is 0 Å². The molecular weight excluding hydrogens is 488 g/mol. The van der Waals surface area contributed by atoms with Crippen molar-refractivity contribution in [3.8, 4) is 0 Å². The standard InChI is InChI=1S/C30H46O8/c1-16-27(33)23(35-4)13-25(37-16)38-19-7-9-28(2)18(12-19)5-6-21-20(28)8-10-29(3)26(17-11-24(32)36-15-17)22(31)14-30(21,29)34/h11,16,18-23,25-27,31,33-34H,5-10,12-15H2,1-4H3/t16-,18-,19+,20+,21-,22+,23-,25+,26+,27+,28+,29-,30+/m1/s1. The smallest absolute Gasteiger partial charge is 0.331 e. The Morgan fingerprint density at radius 2 is 1.84 bits per heavy atom. The lowest BCUT2D eigenvalue weighted by atomic mass is 9.43. The Bertz CT molecular complexity index is 968. The highest BCUT2D eigenvalue weighted by molar-refractivity contribution is 5.85. The first-order valence-electron chi connectivity index (χ1n) is 14.8. The number of carbonyl (C=O) groups excluding carboxylic acids is 1. The van der Waals surface area contributed by atoms with E-state index in [9.17, 15) is 20.1 Å². The van der Waals surface area contributed by atoms with Crippen LogP contribution in [0.5, 0.6) is 0 Å². The molecule has 13 atom stereocenters. The van der Waals surface area contributed by atoms with Crippen LogP contribution >= 0.6 is 0 Å². The van der Waals surface area contributed by atoms with E-state index >= 15 is 0 Å². The highest BCUT2D eigenvalue weighted by Gasteiger charge is 2.70. The van der Waals surface area contributed by atoms with Gasteiger partial charge in [0, 0.05) is 37.4 Å². The first-order chi connectivity index (χ1) is 18.0. The van der Waals surface area contributed by atoms with E-state index in [0.717, 1.165) is 50.5 Å². The van der Waals surface area contributed by atoms with E-state index in [2.05, 4.69) is 13.8 Å². The summed E-state index contributed by atoms with van der Waals surface area (Å²) >= 11 is 0. The summed E-state index contributed by atoms with van der Waals surface area (Å²) in [5, 5.41) is 33.9. The summed E-state index contributed by atoms with van der Waals surface area (Å²) in [6, 6.07) is 0. The van der Waals surface area contributed by atoms with Crippen molar-refractivity contribution < 1.29 is 39.1 Å². The zero-order chi connectivity index (χ0) is 27.0. The summed E-state index contributed by atoms with van der Waals surface area (Å²) in [6.07, 6.45) is 7.17. The Labute approximate surface area is 226 Å². The molecule has 2 heterocycles. The molecule has 4 saturated carbocycles. The Balaban J connectivity index is 1.16. The first kappa shape index (κ1) is 27.2. The molecule has 0 aromatic carbocycles. The van der Waals surface area contributed by atoms with Crippen molar-refractivity contribution in [3.05, 3.63) is 11.6 Å². The molecule has 2 aliphatic heterocycles. The van der Waals surface area contributed by atoms with E-state index < -0.39 is 23.2 Å². The van der Waals surface area contributed by atoms with Gasteiger partial charge in [-0.05, 0) is 80.6 Å². The summed E-state index contributed by atoms with van der Waals surface area (Å²) in [4.78, 5) is 11.8. The summed E-state index contributed by atoms with van der Waals surface area (Å²) in [7, 11) is 1.63. The molecule has 6 rings (SSSR count). The van der Waals surface area contributed by atoms with E-state index in [0.29, 0.717) is 24.7 Å². The van der Waals surface area contributed by atoms with Gasteiger partial charge in [-0.25, -0.2) is 4.79 Å². The number of carbonyl (C=O) groups is 1. The third kappa shape index (κ3) is 3.96. The fourth-order valence-electron chi connectivity index (χ4n) is 10.1. The zero-order valence-corrected chi connectivity index (χ0v) is 23.3. The van der Waals surface area contributed by atoms with Gasteiger partial charge < -0.3 is 34.3 Å². The van der Waals surface area contributed by atoms with Gasteiger partial charge in [0.25, 0.3) is 0 Å². The Morgan fingerprint density at radius 3 is 2.55 bits per heavy atom. The van der Waals surface area contributed by atoms with Crippen LogP contribution in [0, 0.1) is 34.5 Å². The number of rotatable bonds is 4. The lowest BCUT2D eigenvalue weighted by molar-refractivity contribution is -0.273. The molecule has 1 saturated heterocycles. The lowest BCUT2D eigenvalue weighted by Gasteiger charge is -2.63. The molecule has 0 amide bonds. The molecule has 0 aromatic rings. The van der Waals surface area contributed by atoms with Crippen molar-refractivity contribution in [2.75, 3.05) is 13.7 Å². The van der Waals surface area contributed by atoms with Gasteiger partial charge in [-0.3, -0.25) is 0 Å². The van der Waals surface area contributed by atoms with Crippen molar-refractivity contribution in [2.24, 2.45) is 34.5 Å². The summed E-state index contributed by atoms with van der Waals surface area (Å²) in [5.41, 5.74) is -0.440. The van der Waals surface area contributed by atoms with Crippen LogP contribution in [0.1, 0.15) is 78.6 Å². The molecule has 6 aliphatic rings. The van der Waals surface area contributed by atoms with E-state index in [1.807, 2.05) is 6.92 Å². The molecule has 3 N–H and O–H groups in total. The second-order valence-electron chi connectivity index (χ2n) is 13.8. The van der Waals surface area contributed by atoms with Gasteiger partial charge in [-0.2, -0.15) is 0 Å². The van der Waals surface area contributed by atoms with Gasteiger partial charge in [-0.1, -0.05) is 13.8 Å². The third-order valence-electron chi connectivity index (χ3n) is 12.2. The van der Waals surface area contributed by atoms with E-state index in [4.69, 9.17) is 18.9 Å². The van der Waals surface area contributed by atoms with E-state index in [-0.39, 0.29) is 54.4 Å². The average Bonchev–Trinajstić information content (AvgIpc) is 3.37. The largest absolute Gasteiger partial charge is 0.458 e. The monoisotopic (exact) mass is 534 g/mol. The Morgan fingerprint density at radius 1 is 1.05 bits per heavy atom. The minimum atomic E-state index is -0.949. The molecule has 214 valence electrons. The van der Waals surface area contributed by atoms with Crippen LogP contribution in [0.2, 0.25) is 0 Å². The molecule has 5 fully saturated rings. The maximum atomic E-state index is 12.4. The quantitative estimate of drug-likeness (QED) is 0.372. The molecule has 0 unspecified atom stereocenters. The zero-order valence-electron chi connectivity index (χ0n) is 23.3. The predicted molar refractivity (Wildman–Crippen MR) is 138 cm³/mol. The number of methoxy groups -OCH3 is 1. The van der Waals surface area contributed by atoms with Crippen LogP contribution in [0.3, 0.4) is 0 Å². The average molecular weight is 535 g/mol. The number of esters is 1. The van der Waals surface area contributed by atoms with Gasteiger partial charge >= 0.3 is 5.97 Å².